The van der Waals surface area contributed by atoms with Gasteiger partial charge in [-0.25, -0.2) is 4.68 Å². The molecular weight excluding hydrogens is 212 g/mol. The molecule has 0 bridgehead atoms. The molecule has 0 radical (unpaired) electrons. The molecule has 2 rings (SSSR count). The monoisotopic (exact) mass is 222 g/mol. The van der Waals surface area contributed by atoms with E-state index in [-0.39, 0.29) is 0 Å². The summed E-state index contributed by atoms with van der Waals surface area (Å²) in [6.45, 7) is 2.72. The van der Waals surface area contributed by atoms with Gasteiger partial charge in [0.1, 0.15) is 0 Å². The summed E-state index contributed by atoms with van der Waals surface area (Å²) in [6.07, 6.45) is 0. The second kappa shape index (κ2) is 4.40. The first-order valence-electron chi connectivity index (χ1n) is 4.66. The van der Waals surface area contributed by atoms with Crippen LogP contribution in [0.3, 0.4) is 0 Å². The van der Waals surface area contributed by atoms with E-state index in [1.54, 1.807) is 4.68 Å². The average Bonchev–Trinajstić information content (AvgIpc) is 2.69. The van der Waals surface area contributed by atoms with Gasteiger partial charge in [0, 0.05) is 0 Å². The van der Waals surface area contributed by atoms with Crippen molar-refractivity contribution in [2.45, 2.75) is 19.3 Å². The summed E-state index contributed by atoms with van der Waals surface area (Å²) in [4.78, 5) is 0. The van der Waals surface area contributed by atoms with E-state index >= 15 is 0 Å². The van der Waals surface area contributed by atoms with E-state index in [1.165, 1.54) is 11.1 Å². The van der Waals surface area contributed by atoms with Gasteiger partial charge in [-0.05, 0) is 22.9 Å². The Hall–Kier alpha value is -1.42. The fourth-order valence-electron chi connectivity index (χ4n) is 1.31. The van der Waals surface area contributed by atoms with Gasteiger partial charge >= 0.3 is 0 Å². The minimum atomic E-state index is 0.332. The van der Waals surface area contributed by atoms with Gasteiger partial charge in [0.05, 0.1) is 12.4 Å². The summed E-state index contributed by atoms with van der Waals surface area (Å²) in [6, 6.07) is 8.27. The molecule has 0 atom stereocenters. The van der Waals surface area contributed by atoms with E-state index in [0.29, 0.717) is 18.2 Å². The van der Waals surface area contributed by atoms with Crippen LogP contribution in [-0.4, -0.2) is 20.2 Å². The lowest BCUT2D eigenvalue weighted by Gasteiger charge is -2.02. The molecular formula is C10H11ClN4. The standard InChI is InChI=1S/C10H11ClN4/c1-8-2-4-9(5-3-8)7-15-10(6-11)12-13-14-15/h2-5H,6-7H2,1H3. The van der Waals surface area contributed by atoms with E-state index in [2.05, 4.69) is 46.7 Å². The van der Waals surface area contributed by atoms with Crippen molar-refractivity contribution in [3.63, 3.8) is 0 Å². The summed E-state index contributed by atoms with van der Waals surface area (Å²) >= 11 is 5.70. The molecule has 0 N–H and O–H groups in total. The molecule has 2 aromatic rings. The SMILES string of the molecule is Cc1ccc(Cn2nnnc2CCl)cc1. The molecule has 1 aromatic heterocycles. The highest BCUT2D eigenvalue weighted by molar-refractivity contribution is 6.16. The Balaban J connectivity index is 2.18. The Morgan fingerprint density at radius 1 is 1.27 bits per heavy atom. The first-order chi connectivity index (χ1) is 7.29. The zero-order chi connectivity index (χ0) is 10.7. The molecule has 4 nitrogen and oxygen atoms in total. The Labute approximate surface area is 92.9 Å². The van der Waals surface area contributed by atoms with Gasteiger partial charge in [0.25, 0.3) is 0 Å². The predicted octanol–water partition coefficient (Wildman–Crippen LogP) is 1.77. The van der Waals surface area contributed by atoms with Crippen molar-refractivity contribution in [3.8, 4) is 0 Å². The third kappa shape index (κ3) is 2.33. The summed E-state index contributed by atoms with van der Waals surface area (Å²) in [5.41, 5.74) is 2.41. The molecule has 0 saturated heterocycles. The molecule has 0 aliphatic carbocycles. The Morgan fingerprint density at radius 3 is 2.67 bits per heavy atom. The van der Waals surface area contributed by atoms with Gasteiger partial charge in [0.15, 0.2) is 5.82 Å². The van der Waals surface area contributed by atoms with Gasteiger partial charge < -0.3 is 0 Å². The number of tetrazole rings is 1. The second-order valence-electron chi connectivity index (χ2n) is 3.37. The lowest BCUT2D eigenvalue weighted by atomic mass is 10.1. The topological polar surface area (TPSA) is 43.6 Å². The number of rotatable bonds is 3. The Morgan fingerprint density at radius 2 is 2.00 bits per heavy atom. The largest absolute Gasteiger partial charge is 0.224 e. The van der Waals surface area contributed by atoms with Crippen LogP contribution in [0.5, 0.6) is 0 Å². The van der Waals surface area contributed by atoms with Gasteiger partial charge in [-0.15, -0.1) is 16.7 Å². The van der Waals surface area contributed by atoms with Crippen molar-refractivity contribution in [1.29, 1.82) is 0 Å². The molecule has 0 saturated carbocycles. The van der Waals surface area contributed by atoms with Crippen LogP contribution in [0, 0.1) is 6.92 Å². The van der Waals surface area contributed by atoms with E-state index in [1.807, 2.05) is 0 Å². The number of halogens is 1. The van der Waals surface area contributed by atoms with E-state index in [0.717, 1.165) is 0 Å². The second-order valence-corrected chi connectivity index (χ2v) is 3.64. The van der Waals surface area contributed by atoms with E-state index in [4.69, 9.17) is 11.6 Å². The molecule has 0 fully saturated rings. The van der Waals surface area contributed by atoms with Crippen LogP contribution in [0.4, 0.5) is 0 Å². The lowest BCUT2D eigenvalue weighted by Crippen LogP contribution is -2.05. The predicted molar refractivity (Wildman–Crippen MR) is 57.7 cm³/mol. The van der Waals surface area contributed by atoms with Crippen molar-refractivity contribution < 1.29 is 0 Å². The summed E-state index contributed by atoms with van der Waals surface area (Å²) in [5.74, 6) is 1.02. The van der Waals surface area contributed by atoms with Gasteiger partial charge in [-0.3, -0.25) is 0 Å². The number of alkyl halides is 1. The number of hydrogen-bond donors (Lipinski definition) is 0. The number of hydrogen-bond acceptors (Lipinski definition) is 3. The lowest BCUT2D eigenvalue weighted by molar-refractivity contribution is 0.630. The van der Waals surface area contributed by atoms with Crippen LogP contribution in [0.2, 0.25) is 0 Å². The molecule has 0 aliphatic heterocycles. The summed E-state index contributed by atoms with van der Waals surface area (Å²) in [7, 11) is 0. The van der Waals surface area contributed by atoms with Crippen molar-refractivity contribution in [2.75, 3.05) is 0 Å². The first kappa shape index (κ1) is 10.1. The highest BCUT2D eigenvalue weighted by Crippen LogP contribution is 2.06. The third-order valence-electron chi connectivity index (χ3n) is 2.18. The van der Waals surface area contributed by atoms with Crippen molar-refractivity contribution >= 4 is 11.6 Å². The zero-order valence-electron chi connectivity index (χ0n) is 8.39. The van der Waals surface area contributed by atoms with Crippen LogP contribution in [0.1, 0.15) is 17.0 Å². The zero-order valence-corrected chi connectivity index (χ0v) is 9.15. The number of nitrogens with zero attached hydrogens (tertiary/aromatic N) is 4. The fourth-order valence-corrected chi connectivity index (χ4v) is 1.50. The first-order valence-corrected chi connectivity index (χ1v) is 5.19. The number of aromatic nitrogens is 4. The summed E-state index contributed by atoms with van der Waals surface area (Å²) in [5, 5.41) is 11.3. The average molecular weight is 223 g/mol. The van der Waals surface area contributed by atoms with Crippen molar-refractivity contribution in [1.82, 2.24) is 20.2 Å². The van der Waals surface area contributed by atoms with Crippen LogP contribution < -0.4 is 0 Å². The maximum Gasteiger partial charge on any atom is 0.166 e. The molecule has 15 heavy (non-hydrogen) atoms. The minimum absolute atomic E-state index is 0.332. The molecule has 0 amide bonds. The molecule has 1 aromatic carbocycles. The van der Waals surface area contributed by atoms with Crippen LogP contribution >= 0.6 is 11.6 Å². The van der Waals surface area contributed by atoms with Crippen molar-refractivity contribution in [2.24, 2.45) is 0 Å². The maximum absolute atomic E-state index is 5.70. The van der Waals surface area contributed by atoms with Crippen molar-refractivity contribution in [3.05, 3.63) is 41.2 Å². The molecule has 5 heteroatoms. The summed E-state index contributed by atoms with van der Waals surface area (Å²) < 4.78 is 1.71. The molecule has 1 heterocycles. The number of benzene rings is 1. The third-order valence-corrected chi connectivity index (χ3v) is 2.42. The van der Waals surface area contributed by atoms with Crippen LogP contribution in [0.25, 0.3) is 0 Å². The highest BCUT2D eigenvalue weighted by Gasteiger charge is 2.04. The van der Waals surface area contributed by atoms with Crippen LogP contribution in [0.15, 0.2) is 24.3 Å². The van der Waals surface area contributed by atoms with Gasteiger partial charge in [-0.1, -0.05) is 29.8 Å². The molecule has 0 unspecified atom stereocenters. The van der Waals surface area contributed by atoms with Crippen LogP contribution in [-0.2, 0) is 12.4 Å². The maximum atomic E-state index is 5.70. The Bertz CT molecular complexity index is 435. The minimum Gasteiger partial charge on any atom is -0.224 e. The molecule has 78 valence electrons. The molecule has 0 spiro atoms. The van der Waals surface area contributed by atoms with E-state index < -0.39 is 0 Å². The quantitative estimate of drug-likeness (QED) is 0.744. The molecule has 0 aliphatic rings. The normalized spacial score (nSPS) is 10.5. The van der Waals surface area contributed by atoms with Gasteiger partial charge in [0.2, 0.25) is 0 Å². The fraction of sp³-hybridized carbons (Fsp3) is 0.300. The highest BCUT2D eigenvalue weighted by atomic mass is 35.5. The number of aryl methyl sites for hydroxylation is 1. The smallest absolute Gasteiger partial charge is 0.166 e. The Kier molecular flexibility index (Phi) is 2.97. The van der Waals surface area contributed by atoms with E-state index in [9.17, 15) is 0 Å². The van der Waals surface area contributed by atoms with Gasteiger partial charge in [-0.2, -0.15) is 0 Å².